The van der Waals surface area contributed by atoms with E-state index >= 15 is 0 Å². The SMILES string of the molecule is CC(=O)Nc1cccc(NC(=O)[C@H](N)c2ccccc2)c1. The van der Waals surface area contributed by atoms with Crippen LogP contribution in [0.3, 0.4) is 0 Å². The molecule has 5 nitrogen and oxygen atoms in total. The summed E-state index contributed by atoms with van der Waals surface area (Å²) >= 11 is 0. The Morgan fingerprint density at radius 1 is 0.952 bits per heavy atom. The highest BCUT2D eigenvalue weighted by atomic mass is 16.2. The number of amides is 2. The highest BCUT2D eigenvalue weighted by Crippen LogP contribution is 2.17. The van der Waals surface area contributed by atoms with Crippen molar-refractivity contribution in [2.24, 2.45) is 5.73 Å². The molecule has 2 aromatic carbocycles. The first-order chi connectivity index (χ1) is 10.1. The Morgan fingerprint density at radius 3 is 2.19 bits per heavy atom. The monoisotopic (exact) mass is 283 g/mol. The molecule has 0 aromatic heterocycles. The lowest BCUT2D eigenvalue weighted by molar-refractivity contribution is -0.117. The molecule has 4 N–H and O–H groups in total. The average molecular weight is 283 g/mol. The van der Waals surface area contributed by atoms with E-state index in [-0.39, 0.29) is 11.8 Å². The minimum absolute atomic E-state index is 0.167. The summed E-state index contributed by atoms with van der Waals surface area (Å²) in [7, 11) is 0. The molecule has 2 rings (SSSR count). The van der Waals surface area contributed by atoms with E-state index in [4.69, 9.17) is 5.73 Å². The van der Waals surface area contributed by atoms with E-state index in [0.29, 0.717) is 11.4 Å². The van der Waals surface area contributed by atoms with E-state index in [1.165, 1.54) is 6.92 Å². The Bertz CT molecular complexity index is 641. The zero-order valence-electron chi connectivity index (χ0n) is 11.7. The molecule has 21 heavy (non-hydrogen) atoms. The van der Waals surface area contributed by atoms with Gasteiger partial charge in [-0.1, -0.05) is 36.4 Å². The van der Waals surface area contributed by atoms with Gasteiger partial charge in [0.2, 0.25) is 11.8 Å². The lowest BCUT2D eigenvalue weighted by Gasteiger charge is -2.13. The fourth-order valence-electron chi connectivity index (χ4n) is 1.91. The van der Waals surface area contributed by atoms with Crippen LogP contribution in [0.1, 0.15) is 18.5 Å². The second-order valence-corrected chi connectivity index (χ2v) is 4.64. The molecule has 0 saturated carbocycles. The third-order valence-corrected chi connectivity index (χ3v) is 2.89. The van der Waals surface area contributed by atoms with Crippen molar-refractivity contribution in [3.05, 3.63) is 60.2 Å². The molecule has 108 valence electrons. The third kappa shape index (κ3) is 4.15. The second-order valence-electron chi connectivity index (χ2n) is 4.64. The van der Waals surface area contributed by atoms with Crippen LogP contribution >= 0.6 is 0 Å². The Hall–Kier alpha value is -2.66. The molecule has 0 spiro atoms. The molecule has 0 unspecified atom stereocenters. The predicted molar refractivity (Wildman–Crippen MR) is 82.7 cm³/mol. The van der Waals surface area contributed by atoms with E-state index in [2.05, 4.69) is 10.6 Å². The quantitative estimate of drug-likeness (QED) is 0.805. The molecule has 0 aliphatic rings. The van der Waals surface area contributed by atoms with Gasteiger partial charge in [0.15, 0.2) is 0 Å². The molecule has 0 aliphatic carbocycles. The standard InChI is InChI=1S/C16H17N3O2/c1-11(20)18-13-8-5-9-14(10-13)19-16(21)15(17)12-6-3-2-4-7-12/h2-10,15H,17H2,1H3,(H,18,20)(H,19,21)/t15-/m1/s1. The number of hydrogen-bond donors (Lipinski definition) is 3. The van der Waals surface area contributed by atoms with E-state index in [9.17, 15) is 9.59 Å². The molecular weight excluding hydrogens is 266 g/mol. The van der Waals surface area contributed by atoms with E-state index in [1.807, 2.05) is 18.2 Å². The van der Waals surface area contributed by atoms with Crippen molar-refractivity contribution >= 4 is 23.2 Å². The number of nitrogens with one attached hydrogen (secondary N) is 2. The van der Waals surface area contributed by atoms with Crippen molar-refractivity contribution in [1.82, 2.24) is 0 Å². The van der Waals surface area contributed by atoms with Gasteiger partial charge in [-0.2, -0.15) is 0 Å². The van der Waals surface area contributed by atoms with Gasteiger partial charge in [-0.15, -0.1) is 0 Å². The molecule has 0 bridgehead atoms. The summed E-state index contributed by atoms with van der Waals surface area (Å²) < 4.78 is 0. The maximum absolute atomic E-state index is 12.1. The van der Waals surface area contributed by atoms with Crippen LogP contribution in [0.5, 0.6) is 0 Å². The third-order valence-electron chi connectivity index (χ3n) is 2.89. The van der Waals surface area contributed by atoms with Gasteiger partial charge in [0, 0.05) is 18.3 Å². The Morgan fingerprint density at radius 2 is 1.57 bits per heavy atom. The minimum atomic E-state index is -0.740. The summed E-state index contributed by atoms with van der Waals surface area (Å²) in [6.45, 7) is 1.43. The van der Waals surface area contributed by atoms with Crippen molar-refractivity contribution < 1.29 is 9.59 Å². The van der Waals surface area contributed by atoms with Crippen LogP contribution in [0, 0.1) is 0 Å². The number of benzene rings is 2. The first-order valence-corrected chi connectivity index (χ1v) is 6.55. The van der Waals surface area contributed by atoms with Gasteiger partial charge in [-0.3, -0.25) is 9.59 Å². The molecular formula is C16H17N3O2. The fraction of sp³-hybridized carbons (Fsp3) is 0.125. The van der Waals surface area contributed by atoms with Gasteiger partial charge in [0.1, 0.15) is 6.04 Å². The molecule has 0 aliphatic heterocycles. The van der Waals surface area contributed by atoms with Gasteiger partial charge < -0.3 is 16.4 Å². The zero-order chi connectivity index (χ0) is 15.2. The van der Waals surface area contributed by atoms with Crippen LogP contribution in [0.4, 0.5) is 11.4 Å². The van der Waals surface area contributed by atoms with E-state index in [1.54, 1.807) is 36.4 Å². The Labute approximate surface area is 123 Å². The number of rotatable bonds is 4. The van der Waals surface area contributed by atoms with Crippen molar-refractivity contribution in [1.29, 1.82) is 0 Å². The van der Waals surface area contributed by atoms with Crippen LogP contribution in [0.25, 0.3) is 0 Å². The van der Waals surface area contributed by atoms with Crippen LogP contribution < -0.4 is 16.4 Å². The van der Waals surface area contributed by atoms with Crippen LogP contribution in [0.2, 0.25) is 0 Å². The summed E-state index contributed by atoms with van der Waals surface area (Å²) in [4.78, 5) is 23.1. The van der Waals surface area contributed by atoms with E-state index < -0.39 is 6.04 Å². The summed E-state index contributed by atoms with van der Waals surface area (Å²) in [5.41, 5.74) is 7.87. The van der Waals surface area contributed by atoms with Crippen molar-refractivity contribution in [2.45, 2.75) is 13.0 Å². The normalized spacial score (nSPS) is 11.5. The fourth-order valence-corrected chi connectivity index (χ4v) is 1.91. The minimum Gasteiger partial charge on any atom is -0.326 e. The summed E-state index contributed by atoms with van der Waals surface area (Å²) in [6, 6.07) is 15.3. The van der Waals surface area contributed by atoms with Crippen molar-refractivity contribution in [3.63, 3.8) is 0 Å². The predicted octanol–water partition coefficient (Wildman–Crippen LogP) is 2.28. The Kier molecular flexibility index (Phi) is 4.68. The molecule has 0 radical (unpaired) electrons. The molecule has 0 saturated heterocycles. The summed E-state index contributed by atoms with van der Waals surface area (Å²) in [6.07, 6.45) is 0. The van der Waals surface area contributed by atoms with E-state index in [0.717, 1.165) is 5.56 Å². The highest BCUT2D eigenvalue weighted by Gasteiger charge is 2.15. The summed E-state index contributed by atoms with van der Waals surface area (Å²) in [5.74, 6) is -0.472. The van der Waals surface area contributed by atoms with Gasteiger partial charge in [0.25, 0.3) is 0 Å². The topological polar surface area (TPSA) is 84.2 Å². The number of anilines is 2. The maximum Gasteiger partial charge on any atom is 0.245 e. The molecule has 5 heteroatoms. The van der Waals surface area contributed by atoms with Gasteiger partial charge in [0.05, 0.1) is 0 Å². The number of carbonyl (C=O) groups excluding carboxylic acids is 2. The summed E-state index contributed by atoms with van der Waals surface area (Å²) in [5, 5.41) is 5.40. The van der Waals surface area contributed by atoms with Gasteiger partial charge in [-0.05, 0) is 23.8 Å². The lowest BCUT2D eigenvalue weighted by atomic mass is 10.1. The first kappa shape index (κ1) is 14.7. The van der Waals surface area contributed by atoms with Crippen LogP contribution in [-0.4, -0.2) is 11.8 Å². The van der Waals surface area contributed by atoms with Crippen molar-refractivity contribution in [3.8, 4) is 0 Å². The molecule has 1 atom stereocenters. The van der Waals surface area contributed by atoms with Gasteiger partial charge >= 0.3 is 0 Å². The highest BCUT2D eigenvalue weighted by molar-refractivity contribution is 5.96. The number of carbonyl (C=O) groups is 2. The molecule has 0 heterocycles. The lowest BCUT2D eigenvalue weighted by Crippen LogP contribution is -2.27. The average Bonchev–Trinajstić information content (AvgIpc) is 2.47. The Balaban J connectivity index is 2.07. The van der Waals surface area contributed by atoms with Gasteiger partial charge in [-0.25, -0.2) is 0 Å². The smallest absolute Gasteiger partial charge is 0.245 e. The maximum atomic E-state index is 12.1. The molecule has 2 amide bonds. The molecule has 2 aromatic rings. The first-order valence-electron chi connectivity index (χ1n) is 6.55. The number of nitrogens with two attached hydrogens (primary N) is 1. The van der Waals surface area contributed by atoms with Crippen LogP contribution in [-0.2, 0) is 9.59 Å². The largest absolute Gasteiger partial charge is 0.326 e. The number of hydrogen-bond acceptors (Lipinski definition) is 3. The van der Waals surface area contributed by atoms with Crippen LogP contribution in [0.15, 0.2) is 54.6 Å². The van der Waals surface area contributed by atoms with Crippen molar-refractivity contribution in [2.75, 3.05) is 10.6 Å². The zero-order valence-corrected chi connectivity index (χ0v) is 11.7. The molecule has 0 fully saturated rings. The second kappa shape index (κ2) is 6.67.